The molecule has 0 spiro atoms. The number of thioether (sulfide) groups is 1. The van der Waals surface area contributed by atoms with Gasteiger partial charge in [-0.15, -0.1) is 0 Å². The summed E-state index contributed by atoms with van der Waals surface area (Å²) in [6, 6.07) is 11.9. The van der Waals surface area contributed by atoms with Crippen molar-refractivity contribution in [3.63, 3.8) is 0 Å². The number of hydrogen-bond donors (Lipinski definition) is 1. The van der Waals surface area contributed by atoms with E-state index in [1.165, 1.54) is 11.8 Å². The Bertz CT molecular complexity index is 1170. The van der Waals surface area contributed by atoms with Crippen molar-refractivity contribution in [1.82, 2.24) is 9.88 Å². The Morgan fingerprint density at radius 2 is 1.81 bits per heavy atom. The summed E-state index contributed by atoms with van der Waals surface area (Å²) in [5.41, 5.74) is 8.76. The second kappa shape index (κ2) is 10.8. The van der Waals surface area contributed by atoms with Gasteiger partial charge in [-0.1, -0.05) is 42.1 Å². The van der Waals surface area contributed by atoms with Crippen molar-refractivity contribution in [1.29, 1.82) is 5.26 Å². The van der Waals surface area contributed by atoms with Crippen LogP contribution in [-0.2, 0) is 22.4 Å². The summed E-state index contributed by atoms with van der Waals surface area (Å²) < 4.78 is 5.56. The standard InChI is InChI=1S/C27H33N5O3S/c1-27(2,3)35-26(34)32-14-8-13-31(15-16-32)24-21(17-28)19-11-7-12-20(19)25(30-24)36-22(23(29)33)18-9-5-4-6-10-18/h4-6,9-10,22H,7-8,11-16H2,1-3H3,(H2,29,33). The van der Waals surface area contributed by atoms with Crippen LogP contribution in [0.2, 0.25) is 0 Å². The Balaban J connectivity index is 1.64. The molecule has 190 valence electrons. The third kappa shape index (κ3) is 5.76. The largest absolute Gasteiger partial charge is 0.444 e. The number of carbonyl (C=O) groups is 2. The lowest BCUT2D eigenvalue weighted by Gasteiger charge is -2.27. The van der Waals surface area contributed by atoms with Crippen LogP contribution in [0.1, 0.15) is 61.1 Å². The summed E-state index contributed by atoms with van der Waals surface area (Å²) in [4.78, 5) is 33.8. The van der Waals surface area contributed by atoms with Crippen LogP contribution in [0.3, 0.4) is 0 Å². The lowest BCUT2D eigenvalue weighted by Crippen LogP contribution is -2.39. The third-order valence-corrected chi connectivity index (χ3v) is 7.66. The van der Waals surface area contributed by atoms with Crippen molar-refractivity contribution >= 4 is 29.6 Å². The van der Waals surface area contributed by atoms with Gasteiger partial charge in [0.15, 0.2) is 0 Å². The molecule has 0 saturated carbocycles. The topological polar surface area (TPSA) is 113 Å². The van der Waals surface area contributed by atoms with Crippen molar-refractivity contribution in [2.45, 2.75) is 62.3 Å². The fourth-order valence-corrected chi connectivity index (χ4v) is 5.86. The van der Waals surface area contributed by atoms with Gasteiger partial charge in [0.25, 0.3) is 0 Å². The van der Waals surface area contributed by atoms with E-state index >= 15 is 0 Å². The molecule has 1 aromatic heterocycles. The number of rotatable bonds is 5. The van der Waals surface area contributed by atoms with E-state index in [9.17, 15) is 14.9 Å². The molecule has 2 heterocycles. The zero-order valence-electron chi connectivity index (χ0n) is 21.1. The fourth-order valence-electron chi connectivity index (χ4n) is 4.72. The summed E-state index contributed by atoms with van der Waals surface area (Å²) in [5, 5.41) is 10.3. The number of anilines is 1. The van der Waals surface area contributed by atoms with Gasteiger partial charge in [0, 0.05) is 26.2 Å². The molecule has 0 bridgehead atoms. The van der Waals surface area contributed by atoms with E-state index < -0.39 is 16.8 Å². The first-order valence-electron chi connectivity index (χ1n) is 12.4. The lowest BCUT2D eigenvalue weighted by atomic mass is 10.1. The molecule has 4 rings (SSSR count). The predicted octanol–water partition coefficient (Wildman–Crippen LogP) is 4.21. The number of benzene rings is 1. The number of ether oxygens (including phenoxy) is 1. The van der Waals surface area contributed by atoms with Gasteiger partial charge >= 0.3 is 6.09 Å². The molecule has 2 N–H and O–H groups in total. The molecule has 1 unspecified atom stereocenters. The minimum atomic E-state index is -0.573. The molecule has 1 saturated heterocycles. The number of hydrogen-bond acceptors (Lipinski definition) is 7. The van der Waals surface area contributed by atoms with Crippen molar-refractivity contribution in [2.24, 2.45) is 5.73 Å². The predicted molar refractivity (Wildman–Crippen MR) is 140 cm³/mol. The van der Waals surface area contributed by atoms with Crippen LogP contribution in [-0.4, -0.2) is 53.7 Å². The first-order chi connectivity index (χ1) is 17.2. The number of nitrogens with two attached hydrogens (primary N) is 1. The molecule has 1 aliphatic carbocycles. The first-order valence-corrected chi connectivity index (χ1v) is 13.3. The molecule has 1 atom stereocenters. The number of primary amides is 1. The highest BCUT2D eigenvalue weighted by Crippen LogP contribution is 2.42. The number of pyridine rings is 1. The molecule has 2 aliphatic rings. The van der Waals surface area contributed by atoms with Crippen LogP contribution in [0, 0.1) is 11.3 Å². The Morgan fingerprint density at radius 1 is 1.08 bits per heavy atom. The van der Waals surface area contributed by atoms with Crippen LogP contribution in [0.4, 0.5) is 10.6 Å². The zero-order valence-corrected chi connectivity index (χ0v) is 21.9. The highest BCUT2D eigenvalue weighted by molar-refractivity contribution is 8.00. The fraction of sp³-hybridized carbons (Fsp3) is 0.481. The Kier molecular flexibility index (Phi) is 7.74. The monoisotopic (exact) mass is 507 g/mol. The molecule has 2 aromatic rings. The minimum Gasteiger partial charge on any atom is -0.444 e. The summed E-state index contributed by atoms with van der Waals surface area (Å²) >= 11 is 1.36. The lowest BCUT2D eigenvalue weighted by molar-refractivity contribution is -0.117. The molecule has 1 aliphatic heterocycles. The van der Waals surface area contributed by atoms with Crippen molar-refractivity contribution in [2.75, 3.05) is 31.1 Å². The maximum Gasteiger partial charge on any atom is 0.410 e. The second-order valence-corrected chi connectivity index (χ2v) is 11.3. The van der Waals surface area contributed by atoms with Gasteiger partial charge in [-0.05, 0) is 63.1 Å². The summed E-state index contributed by atoms with van der Waals surface area (Å²) in [6.45, 7) is 7.85. The van der Waals surface area contributed by atoms with E-state index in [2.05, 4.69) is 11.0 Å². The molecule has 2 amide bonds. The van der Waals surface area contributed by atoms with Crippen LogP contribution >= 0.6 is 11.8 Å². The van der Waals surface area contributed by atoms with Gasteiger partial charge in [0.2, 0.25) is 5.91 Å². The molecule has 36 heavy (non-hydrogen) atoms. The van der Waals surface area contributed by atoms with Gasteiger partial charge in [0.1, 0.15) is 27.8 Å². The van der Waals surface area contributed by atoms with Crippen LogP contribution in [0.5, 0.6) is 0 Å². The van der Waals surface area contributed by atoms with Gasteiger partial charge in [-0.2, -0.15) is 5.26 Å². The highest BCUT2D eigenvalue weighted by atomic mass is 32.2. The van der Waals surface area contributed by atoms with Crippen LogP contribution < -0.4 is 10.6 Å². The van der Waals surface area contributed by atoms with Crippen molar-refractivity contribution in [3.05, 3.63) is 52.6 Å². The van der Waals surface area contributed by atoms with Crippen LogP contribution in [0.15, 0.2) is 35.4 Å². The van der Waals surface area contributed by atoms with E-state index in [1.807, 2.05) is 51.1 Å². The van der Waals surface area contributed by atoms with E-state index in [4.69, 9.17) is 15.5 Å². The van der Waals surface area contributed by atoms with Gasteiger partial charge in [0.05, 0.1) is 5.56 Å². The average molecular weight is 508 g/mol. The Morgan fingerprint density at radius 3 is 2.47 bits per heavy atom. The van der Waals surface area contributed by atoms with E-state index in [-0.39, 0.29) is 6.09 Å². The molecule has 9 heteroatoms. The molecule has 0 radical (unpaired) electrons. The molecular weight excluding hydrogens is 474 g/mol. The number of amides is 2. The molecule has 1 fully saturated rings. The molecule has 8 nitrogen and oxygen atoms in total. The molecular formula is C27H33N5O3S. The van der Waals surface area contributed by atoms with Gasteiger partial charge in [-0.25, -0.2) is 9.78 Å². The van der Waals surface area contributed by atoms with E-state index in [1.54, 1.807) is 4.90 Å². The number of fused-ring (bicyclic) bond motifs is 1. The Hall–Kier alpha value is -3.25. The number of aromatic nitrogens is 1. The van der Waals surface area contributed by atoms with E-state index in [0.29, 0.717) is 37.6 Å². The second-order valence-electron chi connectivity index (χ2n) is 10.2. The number of carbonyl (C=O) groups excluding carboxylic acids is 2. The summed E-state index contributed by atoms with van der Waals surface area (Å²) in [7, 11) is 0. The number of nitrogens with zero attached hydrogens (tertiary/aromatic N) is 4. The average Bonchev–Trinajstić information content (AvgIpc) is 3.19. The summed E-state index contributed by atoms with van der Waals surface area (Å²) in [6.07, 6.45) is 2.99. The summed E-state index contributed by atoms with van der Waals surface area (Å²) in [5.74, 6) is 0.205. The smallest absolute Gasteiger partial charge is 0.410 e. The highest BCUT2D eigenvalue weighted by Gasteiger charge is 2.31. The zero-order chi connectivity index (χ0) is 25.9. The normalized spacial score (nSPS) is 16.6. The van der Waals surface area contributed by atoms with Crippen LogP contribution in [0.25, 0.3) is 0 Å². The molecule has 1 aromatic carbocycles. The number of nitriles is 1. The first kappa shape index (κ1) is 25.8. The van der Waals surface area contributed by atoms with E-state index in [0.717, 1.165) is 47.4 Å². The van der Waals surface area contributed by atoms with Crippen molar-refractivity contribution < 1.29 is 14.3 Å². The minimum absolute atomic E-state index is 0.324. The SMILES string of the molecule is CC(C)(C)OC(=O)N1CCCN(c2nc(SC(C(N)=O)c3ccccc3)c3c(c2C#N)CCC3)CC1. The maximum absolute atomic E-state index is 12.6. The maximum atomic E-state index is 12.6. The van der Waals surface area contributed by atoms with Gasteiger partial charge in [-0.3, -0.25) is 4.79 Å². The van der Waals surface area contributed by atoms with Gasteiger partial charge < -0.3 is 20.3 Å². The Labute approximate surface area is 216 Å². The van der Waals surface area contributed by atoms with Crippen molar-refractivity contribution in [3.8, 4) is 6.07 Å². The quantitative estimate of drug-likeness (QED) is 0.603. The third-order valence-electron chi connectivity index (χ3n) is 6.36.